The fourth-order valence-corrected chi connectivity index (χ4v) is 2.93. The molecule has 2 rings (SSSR count). The van der Waals surface area contributed by atoms with Crippen LogP contribution in [0, 0.1) is 0 Å². The molecular formula is C21H27Cl2NO2. The second kappa shape index (κ2) is 11.2. The Morgan fingerprint density at radius 2 is 1.77 bits per heavy atom. The molecular weight excluding hydrogens is 369 g/mol. The Bertz CT molecular complexity index is 662. The predicted octanol–water partition coefficient (Wildman–Crippen LogP) is 6.83. The van der Waals surface area contributed by atoms with Gasteiger partial charge < -0.3 is 14.8 Å². The number of ether oxygens (including phenoxy) is 2. The van der Waals surface area contributed by atoms with E-state index in [9.17, 15) is 0 Å². The van der Waals surface area contributed by atoms with Gasteiger partial charge in [-0.2, -0.15) is 0 Å². The number of hydrogen-bond donors (Lipinski definition) is 1. The van der Waals surface area contributed by atoms with Gasteiger partial charge in [-0.25, -0.2) is 0 Å². The average Bonchev–Trinajstić information content (AvgIpc) is 2.63. The molecule has 0 amide bonds. The summed E-state index contributed by atoms with van der Waals surface area (Å²) < 4.78 is 11.6. The summed E-state index contributed by atoms with van der Waals surface area (Å²) in [4.78, 5) is 0. The van der Waals surface area contributed by atoms with Crippen LogP contribution in [-0.2, 0) is 0 Å². The van der Waals surface area contributed by atoms with Gasteiger partial charge in [-0.3, -0.25) is 0 Å². The summed E-state index contributed by atoms with van der Waals surface area (Å²) in [5.74, 6) is 1.54. The zero-order valence-electron chi connectivity index (χ0n) is 15.4. The largest absolute Gasteiger partial charge is 0.494 e. The lowest BCUT2D eigenvalue weighted by atomic mass is 10.2. The Hall–Kier alpha value is -1.58. The average molecular weight is 396 g/mol. The highest BCUT2D eigenvalue weighted by Gasteiger charge is 2.08. The van der Waals surface area contributed by atoms with Gasteiger partial charge in [0.15, 0.2) is 0 Å². The minimum atomic E-state index is -0.0387. The molecule has 0 aromatic heterocycles. The van der Waals surface area contributed by atoms with Crippen molar-refractivity contribution in [2.24, 2.45) is 0 Å². The molecule has 2 aromatic carbocycles. The highest BCUT2D eigenvalue weighted by molar-refractivity contribution is 6.35. The summed E-state index contributed by atoms with van der Waals surface area (Å²) in [6, 6.07) is 13.2. The van der Waals surface area contributed by atoms with Gasteiger partial charge in [-0.1, -0.05) is 49.4 Å². The zero-order chi connectivity index (χ0) is 18.8. The minimum Gasteiger partial charge on any atom is -0.494 e. The standard InChI is InChI=1S/C21H27Cl2NO2/c1-3-4-5-6-13-25-19-10-8-18(9-11-19)24-15-16(2)26-21-12-7-17(22)14-20(21)23/h7-12,14,16,24H,3-6,13,15H2,1-2H3. The molecule has 0 aliphatic rings. The van der Waals surface area contributed by atoms with E-state index in [4.69, 9.17) is 32.7 Å². The number of unbranched alkanes of at least 4 members (excludes halogenated alkanes) is 3. The van der Waals surface area contributed by atoms with Crippen LogP contribution >= 0.6 is 23.2 Å². The number of rotatable bonds is 11. The van der Waals surface area contributed by atoms with Gasteiger partial charge >= 0.3 is 0 Å². The van der Waals surface area contributed by atoms with Crippen LogP contribution < -0.4 is 14.8 Å². The Morgan fingerprint density at radius 1 is 1.00 bits per heavy atom. The summed E-state index contributed by atoms with van der Waals surface area (Å²) in [6.45, 7) is 5.64. The third-order valence-electron chi connectivity index (χ3n) is 3.94. The first-order valence-electron chi connectivity index (χ1n) is 9.17. The van der Waals surface area contributed by atoms with Crippen molar-refractivity contribution in [2.45, 2.75) is 45.6 Å². The summed E-state index contributed by atoms with van der Waals surface area (Å²) in [5.41, 5.74) is 1.03. The second-order valence-electron chi connectivity index (χ2n) is 6.32. The van der Waals surface area contributed by atoms with Crippen molar-refractivity contribution in [3.8, 4) is 11.5 Å². The Kier molecular flexibility index (Phi) is 8.93. The molecule has 0 radical (unpaired) electrons. The number of halogens is 2. The fraction of sp³-hybridized carbons (Fsp3) is 0.429. The van der Waals surface area contributed by atoms with Crippen LogP contribution in [0.2, 0.25) is 10.0 Å². The van der Waals surface area contributed by atoms with Crippen molar-refractivity contribution in [3.05, 3.63) is 52.5 Å². The first kappa shape index (κ1) is 20.7. The van der Waals surface area contributed by atoms with Crippen LogP contribution in [0.4, 0.5) is 5.69 Å². The summed E-state index contributed by atoms with van der Waals surface area (Å²) in [5, 5.41) is 4.47. The third-order valence-corrected chi connectivity index (χ3v) is 4.47. The lowest BCUT2D eigenvalue weighted by Gasteiger charge is -2.17. The molecule has 1 unspecified atom stereocenters. The van der Waals surface area contributed by atoms with E-state index in [2.05, 4.69) is 12.2 Å². The molecule has 2 aromatic rings. The Morgan fingerprint density at radius 3 is 2.46 bits per heavy atom. The van der Waals surface area contributed by atoms with Crippen molar-refractivity contribution in [1.29, 1.82) is 0 Å². The number of nitrogens with one attached hydrogen (secondary N) is 1. The zero-order valence-corrected chi connectivity index (χ0v) is 16.9. The number of benzene rings is 2. The molecule has 0 aliphatic heterocycles. The molecule has 0 fully saturated rings. The van der Waals surface area contributed by atoms with Gasteiger partial charge in [-0.15, -0.1) is 0 Å². The van der Waals surface area contributed by atoms with E-state index in [1.807, 2.05) is 31.2 Å². The molecule has 26 heavy (non-hydrogen) atoms. The van der Waals surface area contributed by atoms with Crippen molar-refractivity contribution < 1.29 is 9.47 Å². The SMILES string of the molecule is CCCCCCOc1ccc(NCC(C)Oc2ccc(Cl)cc2Cl)cc1. The second-order valence-corrected chi connectivity index (χ2v) is 7.16. The summed E-state index contributed by atoms with van der Waals surface area (Å²) in [6.07, 6.45) is 4.81. The van der Waals surface area contributed by atoms with Crippen LogP contribution in [0.25, 0.3) is 0 Å². The van der Waals surface area contributed by atoms with Gasteiger partial charge in [0.25, 0.3) is 0 Å². The topological polar surface area (TPSA) is 30.5 Å². The molecule has 3 nitrogen and oxygen atoms in total. The molecule has 5 heteroatoms. The van der Waals surface area contributed by atoms with E-state index in [0.717, 1.165) is 24.5 Å². The van der Waals surface area contributed by atoms with E-state index >= 15 is 0 Å². The molecule has 0 saturated carbocycles. The van der Waals surface area contributed by atoms with E-state index in [1.165, 1.54) is 19.3 Å². The molecule has 1 N–H and O–H groups in total. The third kappa shape index (κ3) is 7.35. The molecule has 0 aliphatic carbocycles. The predicted molar refractivity (Wildman–Crippen MR) is 111 cm³/mol. The highest BCUT2D eigenvalue weighted by Crippen LogP contribution is 2.28. The van der Waals surface area contributed by atoms with Crippen LogP contribution in [-0.4, -0.2) is 19.3 Å². The molecule has 0 heterocycles. The van der Waals surface area contributed by atoms with Crippen LogP contribution in [0.3, 0.4) is 0 Å². The number of hydrogen-bond acceptors (Lipinski definition) is 3. The van der Waals surface area contributed by atoms with Crippen LogP contribution in [0.5, 0.6) is 11.5 Å². The molecule has 142 valence electrons. The lowest BCUT2D eigenvalue weighted by molar-refractivity contribution is 0.235. The van der Waals surface area contributed by atoms with Crippen molar-refractivity contribution in [1.82, 2.24) is 0 Å². The monoisotopic (exact) mass is 395 g/mol. The van der Waals surface area contributed by atoms with Gasteiger partial charge in [0.1, 0.15) is 17.6 Å². The lowest BCUT2D eigenvalue weighted by Crippen LogP contribution is -2.22. The fourth-order valence-electron chi connectivity index (χ4n) is 2.48. The Balaban J connectivity index is 1.73. The van der Waals surface area contributed by atoms with Crippen LogP contribution in [0.15, 0.2) is 42.5 Å². The van der Waals surface area contributed by atoms with Gasteiger partial charge in [0.2, 0.25) is 0 Å². The normalized spacial score (nSPS) is 11.8. The van der Waals surface area contributed by atoms with Gasteiger partial charge in [0, 0.05) is 10.7 Å². The Labute approximate surface area is 166 Å². The first-order chi connectivity index (χ1) is 12.6. The molecule has 0 spiro atoms. The minimum absolute atomic E-state index is 0.0387. The summed E-state index contributed by atoms with van der Waals surface area (Å²) >= 11 is 12.0. The van der Waals surface area contributed by atoms with E-state index < -0.39 is 0 Å². The van der Waals surface area contributed by atoms with E-state index in [-0.39, 0.29) is 6.10 Å². The van der Waals surface area contributed by atoms with E-state index in [1.54, 1.807) is 18.2 Å². The van der Waals surface area contributed by atoms with Crippen molar-refractivity contribution >= 4 is 28.9 Å². The molecule has 0 saturated heterocycles. The molecule has 0 bridgehead atoms. The van der Waals surface area contributed by atoms with Gasteiger partial charge in [-0.05, 0) is 55.8 Å². The highest BCUT2D eigenvalue weighted by atomic mass is 35.5. The first-order valence-corrected chi connectivity index (χ1v) is 9.92. The maximum absolute atomic E-state index is 6.13. The smallest absolute Gasteiger partial charge is 0.138 e. The van der Waals surface area contributed by atoms with Crippen LogP contribution in [0.1, 0.15) is 39.5 Å². The summed E-state index contributed by atoms with van der Waals surface area (Å²) in [7, 11) is 0. The van der Waals surface area contributed by atoms with Crippen molar-refractivity contribution in [2.75, 3.05) is 18.5 Å². The molecule has 1 atom stereocenters. The number of anilines is 1. The van der Waals surface area contributed by atoms with E-state index in [0.29, 0.717) is 22.3 Å². The van der Waals surface area contributed by atoms with Crippen molar-refractivity contribution in [3.63, 3.8) is 0 Å². The maximum Gasteiger partial charge on any atom is 0.138 e. The van der Waals surface area contributed by atoms with Gasteiger partial charge in [0.05, 0.1) is 18.2 Å². The quantitative estimate of drug-likeness (QED) is 0.422. The maximum atomic E-state index is 6.13.